The van der Waals surface area contributed by atoms with E-state index >= 15 is 0 Å². The molecule has 1 radical (unpaired) electrons. The number of fused-ring (bicyclic) bond motifs is 3. The molecule has 3 rings (SSSR count). The summed E-state index contributed by atoms with van der Waals surface area (Å²) in [7, 11) is 1.74. The van der Waals surface area contributed by atoms with Gasteiger partial charge in [0.2, 0.25) is 0 Å². The molecule has 22 heavy (non-hydrogen) atoms. The molecule has 0 bridgehead atoms. The van der Waals surface area contributed by atoms with E-state index in [9.17, 15) is 5.11 Å². The van der Waals surface area contributed by atoms with Crippen molar-refractivity contribution in [3.63, 3.8) is 0 Å². The molecule has 1 aromatic heterocycles. The zero-order valence-corrected chi connectivity index (χ0v) is 14.2. The van der Waals surface area contributed by atoms with Gasteiger partial charge >= 0.3 is 7.48 Å². The van der Waals surface area contributed by atoms with Crippen molar-refractivity contribution >= 4 is 44.5 Å². The Labute approximate surface area is 136 Å². The Morgan fingerprint density at radius 1 is 0.955 bits per heavy atom. The molecular formula is C18H20BO2S. The molecule has 113 valence electrons. The third-order valence-electron chi connectivity index (χ3n) is 4.37. The van der Waals surface area contributed by atoms with Crippen LogP contribution in [0.2, 0.25) is 0 Å². The molecule has 0 aliphatic heterocycles. The highest BCUT2D eigenvalue weighted by Gasteiger charge is 2.35. The summed E-state index contributed by atoms with van der Waals surface area (Å²) in [5.41, 5.74) is -0.552. The largest absolute Gasteiger partial charge is 0.427 e. The number of thiophene rings is 1. The SMILES string of the molecule is CC(C)(O)C(C)(C)O[B]c1ccc2c(c1)sc1ccccc12. The van der Waals surface area contributed by atoms with E-state index in [1.165, 1.54) is 20.2 Å². The molecule has 1 N–H and O–H groups in total. The van der Waals surface area contributed by atoms with E-state index in [2.05, 4.69) is 42.5 Å². The zero-order chi connectivity index (χ0) is 16.0. The van der Waals surface area contributed by atoms with Crippen molar-refractivity contribution in [2.45, 2.75) is 38.9 Å². The number of hydrogen-bond donors (Lipinski definition) is 1. The second kappa shape index (κ2) is 5.37. The third-order valence-corrected chi connectivity index (χ3v) is 5.50. The summed E-state index contributed by atoms with van der Waals surface area (Å²) in [6.45, 7) is 7.30. The topological polar surface area (TPSA) is 29.5 Å². The molecule has 0 saturated heterocycles. The lowest BCUT2D eigenvalue weighted by atomic mass is 9.82. The van der Waals surface area contributed by atoms with E-state index in [1.807, 2.05) is 13.8 Å². The third kappa shape index (κ3) is 2.79. The molecule has 2 nitrogen and oxygen atoms in total. The van der Waals surface area contributed by atoms with Crippen LogP contribution in [0.3, 0.4) is 0 Å². The highest BCUT2D eigenvalue weighted by Crippen LogP contribution is 2.32. The van der Waals surface area contributed by atoms with Gasteiger partial charge < -0.3 is 9.76 Å². The van der Waals surface area contributed by atoms with Crippen LogP contribution in [0, 0.1) is 0 Å². The number of aliphatic hydroxyl groups is 1. The summed E-state index contributed by atoms with van der Waals surface area (Å²) in [5, 5.41) is 12.7. The van der Waals surface area contributed by atoms with Crippen LogP contribution in [-0.4, -0.2) is 23.8 Å². The van der Waals surface area contributed by atoms with Crippen LogP contribution in [0.1, 0.15) is 27.7 Å². The molecule has 0 aliphatic rings. The van der Waals surface area contributed by atoms with E-state index in [1.54, 1.807) is 32.7 Å². The lowest BCUT2D eigenvalue weighted by Gasteiger charge is -2.37. The first-order valence-corrected chi connectivity index (χ1v) is 8.24. The summed E-state index contributed by atoms with van der Waals surface area (Å²) in [5.74, 6) is 0. The van der Waals surface area contributed by atoms with E-state index < -0.39 is 11.2 Å². The zero-order valence-electron chi connectivity index (χ0n) is 13.4. The molecule has 0 fully saturated rings. The van der Waals surface area contributed by atoms with Crippen LogP contribution in [-0.2, 0) is 4.65 Å². The van der Waals surface area contributed by atoms with Gasteiger partial charge in [-0.05, 0) is 39.8 Å². The highest BCUT2D eigenvalue weighted by molar-refractivity contribution is 7.25. The summed E-state index contributed by atoms with van der Waals surface area (Å²) < 4.78 is 8.38. The first-order chi connectivity index (χ1) is 10.3. The lowest BCUT2D eigenvalue weighted by Crippen LogP contribution is -2.49. The van der Waals surface area contributed by atoms with Crippen LogP contribution >= 0.6 is 11.3 Å². The minimum Gasteiger partial charge on any atom is -0.427 e. The molecule has 0 spiro atoms. The number of rotatable bonds is 4. The molecule has 4 heteroatoms. The Morgan fingerprint density at radius 2 is 1.64 bits per heavy atom. The predicted octanol–water partition coefficient (Wildman–Crippen LogP) is 3.87. The van der Waals surface area contributed by atoms with Crippen LogP contribution in [0.5, 0.6) is 0 Å². The van der Waals surface area contributed by atoms with Gasteiger partial charge in [-0.1, -0.05) is 35.8 Å². The van der Waals surface area contributed by atoms with E-state index in [-0.39, 0.29) is 0 Å². The average molecular weight is 311 g/mol. The smallest absolute Gasteiger partial charge is 0.330 e. The highest BCUT2D eigenvalue weighted by atomic mass is 32.1. The van der Waals surface area contributed by atoms with E-state index in [0.29, 0.717) is 0 Å². The van der Waals surface area contributed by atoms with Crippen molar-refractivity contribution in [3.8, 4) is 0 Å². The minimum atomic E-state index is -0.911. The van der Waals surface area contributed by atoms with Gasteiger partial charge in [-0.2, -0.15) is 0 Å². The molecule has 0 unspecified atom stereocenters. The second-order valence-corrected chi connectivity index (χ2v) is 7.74. The summed E-state index contributed by atoms with van der Waals surface area (Å²) >= 11 is 1.79. The Morgan fingerprint density at radius 3 is 2.36 bits per heavy atom. The van der Waals surface area contributed by atoms with Crippen LogP contribution in [0.15, 0.2) is 42.5 Å². The fourth-order valence-corrected chi connectivity index (χ4v) is 3.33. The molecule has 3 aromatic rings. The quantitative estimate of drug-likeness (QED) is 0.741. The second-order valence-electron chi connectivity index (χ2n) is 6.66. The van der Waals surface area contributed by atoms with Crippen molar-refractivity contribution in [1.29, 1.82) is 0 Å². The van der Waals surface area contributed by atoms with Crippen molar-refractivity contribution < 1.29 is 9.76 Å². The van der Waals surface area contributed by atoms with Crippen molar-refractivity contribution in [3.05, 3.63) is 42.5 Å². The summed E-state index contributed by atoms with van der Waals surface area (Å²) in [6, 6.07) is 14.8. The molecule has 0 aliphatic carbocycles. The van der Waals surface area contributed by atoms with Crippen molar-refractivity contribution in [2.24, 2.45) is 0 Å². The molecule has 0 saturated carbocycles. The Bertz CT molecular complexity index is 815. The first-order valence-electron chi connectivity index (χ1n) is 7.43. The summed E-state index contributed by atoms with van der Waals surface area (Å²) in [4.78, 5) is 0. The predicted molar refractivity (Wildman–Crippen MR) is 96.2 cm³/mol. The number of benzene rings is 2. The fraction of sp³-hybridized carbons (Fsp3) is 0.333. The van der Waals surface area contributed by atoms with Gasteiger partial charge in [-0.3, -0.25) is 0 Å². The standard InChI is InChI=1S/C18H20BO2S/c1-17(2,20)18(3,4)21-19-12-9-10-14-13-7-5-6-8-15(13)22-16(14)11-12/h5-11,20H,1-4H3. The fourth-order valence-electron chi connectivity index (χ4n) is 2.18. The van der Waals surface area contributed by atoms with E-state index in [0.717, 1.165) is 5.46 Å². The van der Waals surface area contributed by atoms with Gasteiger partial charge in [0.25, 0.3) is 0 Å². The average Bonchev–Trinajstić information content (AvgIpc) is 2.81. The Balaban J connectivity index is 1.88. The van der Waals surface area contributed by atoms with Crippen LogP contribution in [0.25, 0.3) is 20.2 Å². The summed E-state index contributed by atoms with van der Waals surface area (Å²) in [6.07, 6.45) is 0. The van der Waals surface area contributed by atoms with Gasteiger partial charge in [-0.15, -0.1) is 11.3 Å². The maximum Gasteiger partial charge on any atom is 0.330 e. The lowest BCUT2D eigenvalue weighted by molar-refractivity contribution is -0.0893. The van der Waals surface area contributed by atoms with Crippen molar-refractivity contribution in [2.75, 3.05) is 0 Å². The van der Waals surface area contributed by atoms with Crippen molar-refractivity contribution in [1.82, 2.24) is 0 Å². The Hall–Kier alpha value is -1.36. The van der Waals surface area contributed by atoms with Crippen LogP contribution in [0.4, 0.5) is 0 Å². The molecule has 1 heterocycles. The molecule has 0 amide bonds. The molecule has 0 atom stereocenters. The minimum absolute atomic E-state index is 0.651. The maximum atomic E-state index is 10.1. The van der Waals surface area contributed by atoms with Gasteiger partial charge in [0.15, 0.2) is 0 Å². The Kier molecular flexibility index (Phi) is 3.80. The van der Waals surface area contributed by atoms with Gasteiger partial charge in [0.05, 0.1) is 11.2 Å². The monoisotopic (exact) mass is 311 g/mol. The van der Waals surface area contributed by atoms with Crippen LogP contribution < -0.4 is 5.46 Å². The van der Waals surface area contributed by atoms with E-state index in [4.69, 9.17) is 4.65 Å². The first kappa shape index (κ1) is 15.5. The van der Waals surface area contributed by atoms with Gasteiger partial charge in [-0.25, -0.2) is 0 Å². The molecule has 2 aromatic carbocycles. The molecular weight excluding hydrogens is 291 g/mol. The van der Waals surface area contributed by atoms with Gasteiger partial charge in [0.1, 0.15) is 0 Å². The normalized spacial score (nSPS) is 13.0. The number of hydrogen-bond acceptors (Lipinski definition) is 3. The van der Waals surface area contributed by atoms with Gasteiger partial charge in [0, 0.05) is 20.2 Å². The maximum absolute atomic E-state index is 10.1.